The van der Waals surface area contributed by atoms with Crippen LogP contribution in [0, 0.1) is 28.2 Å². The number of nitrogens with zero attached hydrogens (tertiary/aromatic N) is 2. The van der Waals surface area contributed by atoms with Crippen LogP contribution in [0.25, 0.3) is 0 Å². The van der Waals surface area contributed by atoms with E-state index in [1.807, 2.05) is 13.2 Å². The Kier molecular flexibility index (Phi) is 13.6. The highest BCUT2D eigenvalue weighted by atomic mass is 15.1. The molecule has 27 heavy (non-hydrogen) atoms. The average molecular weight is 377 g/mol. The standard InChI is InChI=1S/C25H48N2/c1-8-11-13-15-17-25(6,18-16-14-12-9-2)23(10-3)21-24(4,5)19-20-27(7)22-26/h19-20,23H,8-18,21H2,1-7H3/b20-19+. The summed E-state index contributed by atoms with van der Waals surface area (Å²) in [7, 11) is 1.81. The van der Waals surface area contributed by atoms with Gasteiger partial charge in [0.15, 0.2) is 6.19 Å². The Morgan fingerprint density at radius 1 is 0.889 bits per heavy atom. The number of hydrogen-bond acceptors (Lipinski definition) is 2. The van der Waals surface area contributed by atoms with Crippen molar-refractivity contribution in [1.82, 2.24) is 4.90 Å². The normalized spacial score (nSPS) is 13.7. The molecule has 0 spiro atoms. The van der Waals surface area contributed by atoms with Gasteiger partial charge in [0.2, 0.25) is 0 Å². The fourth-order valence-electron chi connectivity index (χ4n) is 4.38. The third-order valence-corrected chi connectivity index (χ3v) is 6.36. The molecule has 0 aliphatic rings. The van der Waals surface area contributed by atoms with Gasteiger partial charge in [0.25, 0.3) is 0 Å². The summed E-state index contributed by atoms with van der Waals surface area (Å²) in [6.07, 6.45) is 22.4. The highest BCUT2D eigenvalue weighted by Gasteiger charge is 2.35. The van der Waals surface area contributed by atoms with Gasteiger partial charge < -0.3 is 0 Å². The molecule has 158 valence electrons. The van der Waals surface area contributed by atoms with Crippen LogP contribution in [0.2, 0.25) is 0 Å². The van der Waals surface area contributed by atoms with E-state index in [0.29, 0.717) is 5.41 Å². The Morgan fingerprint density at radius 3 is 1.81 bits per heavy atom. The largest absolute Gasteiger partial charge is 0.290 e. The van der Waals surface area contributed by atoms with E-state index in [1.54, 1.807) is 4.90 Å². The molecule has 2 nitrogen and oxygen atoms in total. The summed E-state index contributed by atoms with van der Waals surface area (Å²) in [6.45, 7) is 14.2. The summed E-state index contributed by atoms with van der Waals surface area (Å²) in [6, 6.07) is 0. The van der Waals surface area contributed by atoms with Crippen LogP contribution in [0.4, 0.5) is 0 Å². The maximum Gasteiger partial charge on any atom is 0.183 e. The van der Waals surface area contributed by atoms with Gasteiger partial charge >= 0.3 is 0 Å². The monoisotopic (exact) mass is 376 g/mol. The zero-order valence-electron chi connectivity index (χ0n) is 19.6. The van der Waals surface area contributed by atoms with Crippen molar-refractivity contribution in [2.45, 2.75) is 119 Å². The minimum atomic E-state index is 0.125. The van der Waals surface area contributed by atoms with Crippen LogP contribution >= 0.6 is 0 Å². The van der Waals surface area contributed by atoms with Gasteiger partial charge in [0.1, 0.15) is 0 Å². The lowest BCUT2D eigenvalue weighted by atomic mass is 9.64. The second-order valence-corrected chi connectivity index (χ2v) is 9.60. The predicted molar refractivity (Wildman–Crippen MR) is 120 cm³/mol. The van der Waals surface area contributed by atoms with E-state index in [9.17, 15) is 0 Å². The predicted octanol–water partition coefficient (Wildman–Crippen LogP) is 8.30. The summed E-state index contributed by atoms with van der Waals surface area (Å²) >= 11 is 0. The minimum absolute atomic E-state index is 0.125. The number of unbranched alkanes of at least 4 members (excludes halogenated alkanes) is 6. The topological polar surface area (TPSA) is 27.0 Å². The average Bonchev–Trinajstić information content (AvgIpc) is 2.65. The van der Waals surface area contributed by atoms with Crippen molar-refractivity contribution in [3.8, 4) is 6.19 Å². The Balaban J connectivity index is 5.11. The molecule has 0 aliphatic carbocycles. The van der Waals surface area contributed by atoms with Crippen LogP contribution in [0.3, 0.4) is 0 Å². The molecule has 1 unspecified atom stereocenters. The smallest absolute Gasteiger partial charge is 0.183 e. The fraction of sp³-hybridized carbons (Fsp3) is 0.880. The van der Waals surface area contributed by atoms with Gasteiger partial charge in [0, 0.05) is 13.2 Å². The number of hydrogen-bond donors (Lipinski definition) is 0. The zero-order valence-corrected chi connectivity index (χ0v) is 19.6. The Bertz CT molecular complexity index is 418. The van der Waals surface area contributed by atoms with Gasteiger partial charge in [0.05, 0.1) is 0 Å². The van der Waals surface area contributed by atoms with Crippen LogP contribution in [-0.4, -0.2) is 11.9 Å². The van der Waals surface area contributed by atoms with Gasteiger partial charge in [-0.3, -0.25) is 4.90 Å². The van der Waals surface area contributed by atoms with Gasteiger partial charge in [-0.25, -0.2) is 0 Å². The first-order valence-electron chi connectivity index (χ1n) is 11.6. The van der Waals surface area contributed by atoms with E-state index in [-0.39, 0.29) is 5.41 Å². The molecule has 0 fully saturated rings. The SMILES string of the molecule is CCCCCCC(C)(CCCCCC)C(CC)CC(C)(C)/C=C/N(C)C#N. The van der Waals surface area contributed by atoms with Gasteiger partial charge in [-0.15, -0.1) is 0 Å². The van der Waals surface area contributed by atoms with E-state index in [0.717, 1.165) is 5.92 Å². The first-order chi connectivity index (χ1) is 12.7. The van der Waals surface area contributed by atoms with Crippen molar-refractivity contribution in [1.29, 1.82) is 5.26 Å². The first kappa shape index (κ1) is 26.0. The molecular weight excluding hydrogens is 328 g/mol. The Hall–Kier alpha value is -0.970. The van der Waals surface area contributed by atoms with Crippen molar-refractivity contribution < 1.29 is 0 Å². The third kappa shape index (κ3) is 11.5. The van der Waals surface area contributed by atoms with E-state index >= 15 is 0 Å². The molecule has 0 rings (SSSR count). The molecule has 0 aliphatic heterocycles. The molecule has 2 heteroatoms. The van der Waals surface area contributed by atoms with Crippen LogP contribution in [0.1, 0.15) is 119 Å². The lowest BCUT2D eigenvalue weighted by Crippen LogP contribution is -2.31. The van der Waals surface area contributed by atoms with Crippen molar-refractivity contribution in [3.05, 3.63) is 12.3 Å². The second-order valence-electron chi connectivity index (χ2n) is 9.60. The van der Waals surface area contributed by atoms with Crippen molar-refractivity contribution >= 4 is 0 Å². The second kappa shape index (κ2) is 14.1. The molecule has 0 aromatic carbocycles. The molecule has 0 N–H and O–H groups in total. The van der Waals surface area contributed by atoms with E-state index in [4.69, 9.17) is 5.26 Å². The van der Waals surface area contributed by atoms with Gasteiger partial charge in [-0.2, -0.15) is 5.26 Å². The molecule has 0 aromatic rings. The minimum Gasteiger partial charge on any atom is -0.290 e. The highest BCUT2D eigenvalue weighted by molar-refractivity contribution is 4.99. The summed E-state index contributed by atoms with van der Waals surface area (Å²) in [5.41, 5.74) is 0.572. The van der Waals surface area contributed by atoms with E-state index < -0.39 is 0 Å². The summed E-state index contributed by atoms with van der Waals surface area (Å²) in [5.74, 6) is 0.743. The number of allylic oxidation sites excluding steroid dienone is 1. The van der Waals surface area contributed by atoms with Crippen LogP contribution < -0.4 is 0 Å². The molecule has 0 aromatic heterocycles. The molecule has 0 saturated heterocycles. The van der Waals surface area contributed by atoms with Crippen molar-refractivity contribution in [2.75, 3.05) is 7.05 Å². The van der Waals surface area contributed by atoms with Gasteiger partial charge in [-0.05, 0) is 36.0 Å². The molecule has 0 amide bonds. The van der Waals surface area contributed by atoms with Crippen molar-refractivity contribution in [3.63, 3.8) is 0 Å². The summed E-state index contributed by atoms with van der Waals surface area (Å²) in [5, 5.41) is 9.00. The van der Waals surface area contributed by atoms with Crippen LogP contribution in [-0.2, 0) is 0 Å². The molecule has 0 heterocycles. The van der Waals surface area contributed by atoms with Crippen molar-refractivity contribution in [2.24, 2.45) is 16.7 Å². The zero-order chi connectivity index (χ0) is 20.8. The lowest BCUT2D eigenvalue weighted by molar-refractivity contribution is 0.103. The number of nitriles is 1. The summed E-state index contributed by atoms with van der Waals surface area (Å²) in [4.78, 5) is 1.59. The molecular formula is C25H48N2. The maximum atomic E-state index is 9.00. The molecule has 0 saturated carbocycles. The number of rotatable bonds is 16. The quantitative estimate of drug-likeness (QED) is 0.154. The lowest BCUT2D eigenvalue weighted by Gasteiger charge is -2.41. The Labute approximate surface area is 171 Å². The Morgan fingerprint density at radius 2 is 1.41 bits per heavy atom. The van der Waals surface area contributed by atoms with E-state index in [2.05, 4.69) is 53.8 Å². The van der Waals surface area contributed by atoms with E-state index in [1.165, 1.54) is 77.0 Å². The summed E-state index contributed by atoms with van der Waals surface area (Å²) < 4.78 is 0. The fourth-order valence-corrected chi connectivity index (χ4v) is 4.38. The van der Waals surface area contributed by atoms with Gasteiger partial charge in [-0.1, -0.05) is 105 Å². The molecule has 0 bridgehead atoms. The van der Waals surface area contributed by atoms with Crippen LogP contribution in [0.5, 0.6) is 0 Å². The third-order valence-electron chi connectivity index (χ3n) is 6.36. The van der Waals surface area contributed by atoms with Crippen LogP contribution in [0.15, 0.2) is 12.3 Å². The first-order valence-corrected chi connectivity index (χ1v) is 11.6. The molecule has 0 radical (unpaired) electrons. The molecule has 1 atom stereocenters. The highest BCUT2D eigenvalue weighted by Crippen LogP contribution is 2.46. The maximum absolute atomic E-state index is 9.00.